The normalized spacial score (nSPS) is 20.5. The van der Waals surface area contributed by atoms with Gasteiger partial charge in [-0.2, -0.15) is 5.10 Å². The van der Waals surface area contributed by atoms with Gasteiger partial charge in [0.2, 0.25) is 0 Å². The van der Waals surface area contributed by atoms with Crippen LogP contribution in [0.3, 0.4) is 0 Å². The minimum absolute atomic E-state index is 0.292. The first-order valence-corrected chi connectivity index (χ1v) is 14.3. The van der Waals surface area contributed by atoms with Crippen LogP contribution in [0.25, 0.3) is 0 Å². The number of aliphatic imine (C=N–C) groups is 1. The summed E-state index contributed by atoms with van der Waals surface area (Å²) in [6, 6.07) is 7.09. The highest BCUT2D eigenvalue weighted by molar-refractivity contribution is 5.84. The van der Waals surface area contributed by atoms with Gasteiger partial charge in [-0.15, -0.1) is 0 Å². The summed E-state index contributed by atoms with van der Waals surface area (Å²) in [4.78, 5) is 4.66. The Balaban J connectivity index is 1.30. The van der Waals surface area contributed by atoms with E-state index in [2.05, 4.69) is 98.0 Å². The molecule has 0 spiro atoms. The van der Waals surface area contributed by atoms with Crippen molar-refractivity contribution in [1.29, 1.82) is 0 Å². The number of nitrogens with one attached hydrogen (secondary N) is 3. The molecule has 2 unspecified atom stereocenters. The number of aromatic amines is 1. The summed E-state index contributed by atoms with van der Waals surface area (Å²) in [6.07, 6.45) is 12.2. The number of rotatable bonds is 13. The minimum Gasteiger partial charge on any atom is -0.384 e. The van der Waals surface area contributed by atoms with Gasteiger partial charge in [0, 0.05) is 46.9 Å². The Morgan fingerprint density at radius 1 is 1.22 bits per heavy atom. The summed E-state index contributed by atoms with van der Waals surface area (Å²) in [7, 11) is 0. The van der Waals surface area contributed by atoms with Gasteiger partial charge in [-0.05, 0) is 114 Å². The van der Waals surface area contributed by atoms with Crippen LogP contribution >= 0.6 is 0 Å². The molecule has 0 radical (unpaired) electrons. The zero-order valence-corrected chi connectivity index (χ0v) is 23.7. The molecule has 1 aromatic heterocycles. The Morgan fingerprint density at radius 3 is 2.70 bits per heavy atom. The molecule has 1 aromatic carbocycles. The summed E-state index contributed by atoms with van der Waals surface area (Å²) < 4.78 is 0. The molecule has 0 aliphatic heterocycles. The first kappa shape index (κ1) is 27.2. The molecule has 2 aliphatic rings. The van der Waals surface area contributed by atoms with Crippen molar-refractivity contribution >= 4 is 12.0 Å². The van der Waals surface area contributed by atoms with E-state index in [4.69, 9.17) is 0 Å². The Hall–Kier alpha value is -2.82. The summed E-state index contributed by atoms with van der Waals surface area (Å²) in [5.74, 6) is 2.13. The number of aromatic nitrogens is 2. The lowest BCUT2D eigenvalue weighted by Gasteiger charge is -2.18. The molecule has 4 rings (SSSR count). The second-order valence-electron chi connectivity index (χ2n) is 12.0. The van der Waals surface area contributed by atoms with E-state index in [-0.39, 0.29) is 0 Å². The van der Waals surface area contributed by atoms with E-state index in [1.807, 2.05) is 0 Å². The molecule has 2 saturated carbocycles. The van der Waals surface area contributed by atoms with Crippen LogP contribution in [-0.2, 0) is 12.8 Å². The average molecular weight is 502 g/mol. The van der Waals surface area contributed by atoms with Gasteiger partial charge in [0.05, 0.1) is 0 Å². The Labute approximate surface area is 224 Å². The SMILES string of the molecule is C=C(CCc1cc(CC)cc(C)c1C=NC(C)C)Nc1cc(C2CCC(CC(=C)NC3(C)CC3)C2)[nH]n1. The van der Waals surface area contributed by atoms with Crippen molar-refractivity contribution in [3.05, 3.63) is 70.7 Å². The van der Waals surface area contributed by atoms with E-state index in [9.17, 15) is 0 Å². The minimum atomic E-state index is 0.292. The Kier molecular flexibility index (Phi) is 8.61. The van der Waals surface area contributed by atoms with E-state index < -0.39 is 0 Å². The van der Waals surface area contributed by atoms with Crippen LogP contribution in [0, 0.1) is 12.8 Å². The van der Waals surface area contributed by atoms with Crippen LogP contribution in [0.4, 0.5) is 5.82 Å². The number of allylic oxidation sites excluding steroid dienone is 2. The summed E-state index contributed by atoms with van der Waals surface area (Å²) in [5.41, 5.74) is 9.03. The topological polar surface area (TPSA) is 65.1 Å². The summed E-state index contributed by atoms with van der Waals surface area (Å²) in [5, 5.41) is 15.0. The summed E-state index contributed by atoms with van der Waals surface area (Å²) in [6.45, 7) is 19.5. The molecular weight excluding hydrogens is 454 g/mol. The van der Waals surface area contributed by atoms with Crippen molar-refractivity contribution < 1.29 is 0 Å². The van der Waals surface area contributed by atoms with Crippen LogP contribution < -0.4 is 10.6 Å². The monoisotopic (exact) mass is 501 g/mol. The molecule has 0 bridgehead atoms. The molecular formula is C32H47N5. The van der Waals surface area contributed by atoms with Gasteiger partial charge < -0.3 is 10.6 Å². The average Bonchev–Trinajstić information content (AvgIpc) is 3.20. The number of anilines is 1. The van der Waals surface area contributed by atoms with E-state index >= 15 is 0 Å². The lowest BCUT2D eigenvalue weighted by Crippen LogP contribution is -2.27. The van der Waals surface area contributed by atoms with Crippen LogP contribution in [0.5, 0.6) is 0 Å². The third kappa shape index (κ3) is 7.59. The predicted molar refractivity (Wildman–Crippen MR) is 158 cm³/mol. The van der Waals surface area contributed by atoms with Crippen molar-refractivity contribution in [2.75, 3.05) is 5.32 Å². The number of H-pyrrole nitrogens is 1. The molecule has 5 heteroatoms. The van der Waals surface area contributed by atoms with Crippen LogP contribution in [0.2, 0.25) is 0 Å². The maximum absolute atomic E-state index is 4.66. The quantitative estimate of drug-likeness (QED) is 0.248. The van der Waals surface area contributed by atoms with Crippen molar-refractivity contribution in [2.45, 2.75) is 110 Å². The second-order valence-corrected chi connectivity index (χ2v) is 12.0. The highest BCUT2D eigenvalue weighted by Gasteiger charge is 2.37. The van der Waals surface area contributed by atoms with Crippen molar-refractivity contribution in [3.8, 4) is 0 Å². The zero-order valence-electron chi connectivity index (χ0n) is 23.7. The number of nitrogens with zero attached hydrogens (tertiary/aromatic N) is 2. The van der Waals surface area contributed by atoms with Crippen LogP contribution in [0.15, 0.2) is 47.7 Å². The highest BCUT2D eigenvalue weighted by atomic mass is 15.2. The first-order valence-electron chi connectivity index (χ1n) is 14.3. The molecule has 1 heterocycles. The zero-order chi connectivity index (χ0) is 26.6. The van der Waals surface area contributed by atoms with Gasteiger partial charge in [0.1, 0.15) is 0 Å². The van der Waals surface area contributed by atoms with Crippen LogP contribution in [0.1, 0.15) is 107 Å². The molecule has 2 atom stereocenters. The van der Waals surface area contributed by atoms with Gasteiger partial charge in [-0.1, -0.05) is 32.2 Å². The van der Waals surface area contributed by atoms with Gasteiger partial charge in [0.25, 0.3) is 0 Å². The smallest absolute Gasteiger partial charge is 0.152 e. The van der Waals surface area contributed by atoms with E-state index in [0.29, 0.717) is 23.4 Å². The number of hydrogen-bond acceptors (Lipinski definition) is 4. The third-order valence-electron chi connectivity index (χ3n) is 8.04. The first-order chi connectivity index (χ1) is 17.6. The lowest BCUT2D eigenvalue weighted by molar-refractivity contribution is 0.490. The number of benzene rings is 1. The molecule has 5 nitrogen and oxygen atoms in total. The van der Waals surface area contributed by atoms with E-state index in [0.717, 1.165) is 37.2 Å². The standard InChI is InChI=1S/C32H47N5/c1-8-25-15-22(4)29(20-33-21(2)3)27(17-25)11-9-23(5)34-31-19-30(36-37-31)28-12-10-26(18-28)16-24(6)35-32(7)13-14-32/h15,17,19-21,26,28,35H,5-6,8-14,16,18H2,1-4,7H3,(H2,34,36,37). The molecule has 0 amide bonds. The second kappa shape index (κ2) is 11.7. The highest BCUT2D eigenvalue weighted by Crippen LogP contribution is 2.42. The molecule has 2 aromatic rings. The molecule has 37 heavy (non-hydrogen) atoms. The van der Waals surface area contributed by atoms with Crippen molar-refractivity contribution in [3.63, 3.8) is 0 Å². The van der Waals surface area contributed by atoms with Gasteiger partial charge in [-0.3, -0.25) is 10.1 Å². The molecule has 200 valence electrons. The predicted octanol–water partition coefficient (Wildman–Crippen LogP) is 7.60. The fourth-order valence-electron chi connectivity index (χ4n) is 5.59. The third-order valence-corrected chi connectivity index (χ3v) is 8.04. The van der Waals surface area contributed by atoms with Gasteiger partial charge in [0.15, 0.2) is 5.82 Å². The Bertz CT molecular complexity index is 1130. The van der Waals surface area contributed by atoms with Crippen molar-refractivity contribution in [2.24, 2.45) is 10.9 Å². The Morgan fingerprint density at radius 2 is 2.00 bits per heavy atom. The maximum atomic E-state index is 4.66. The summed E-state index contributed by atoms with van der Waals surface area (Å²) >= 11 is 0. The van der Waals surface area contributed by atoms with Gasteiger partial charge >= 0.3 is 0 Å². The molecule has 3 N–H and O–H groups in total. The number of aryl methyl sites for hydroxylation is 3. The van der Waals surface area contributed by atoms with Crippen LogP contribution in [-0.4, -0.2) is 28.0 Å². The fraction of sp³-hybridized carbons (Fsp3) is 0.562. The lowest BCUT2D eigenvalue weighted by atomic mass is 9.94. The molecule has 2 fully saturated rings. The van der Waals surface area contributed by atoms with E-state index in [1.54, 1.807) is 0 Å². The fourth-order valence-corrected chi connectivity index (χ4v) is 5.59. The molecule has 0 saturated heterocycles. The van der Waals surface area contributed by atoms with Gasteiger partial charge in [-0.25, -0.2) is 0 Å². The van der Waals surface area contributed by atoms with E-state index in [1.165, 1.54) is 65.7 Å². The largest absolute Gasteiger partial charge is 0.384 e. The molecule has 2 aliphatic carbocycles. The maximum Gasteiger partial charge on any atom is 0.152 e. The van der Waals surface area contributed by atoms with Crippen molar-refractivity contribution in [1.82, 2.24) is 15.5 Å². The number of hydrogen-bond donors (Lipinski definition) is 3.